The van der Waals surface area contributed by atoms with E-state index in [4.69, 9.17) is 4.74 Å². The summed E-state index contributed by atoms with van der Waals surface area (Å²) in [5.74, 6) is 0.165. The second kappa shape index (κ2) is 7.11. The number of nitrogens with one attached hydrogen (secondary N) is 1. The van der Waals surface area contributed by atoms with Crippen LogP contribution in [0, 0.1) is 5.92 Å². The molecule has 0 aromatic rings. The second-order valence-electron chi connectivity index (χ2n) is 5.42. The standard InChI is InChI=1S/C16H22N2O3/c1-3-13-6-8-18(10-14(13)4-2)16(20)21-11-12-5-7-17-15(19)9-12/h3-4,12H,1-2,5-11H2,(H,17,19). The number of carbonyl (C=O) groups is 2. The van der Waals surface area contributed by atoms with Crippen LogP contribution in [0.1, 0.15) is 19.3 Å². The highest BCUT2D eigenvalue weighted by Crippen LogP contribution is 2.20. The minimum Gasteiger partial charge on any atom is -0.449 e. The van der Waals surface area contributed by atoms with Gasteiger partial charge in [0.1, 0.15) is 0 Å². The largest absolute Gasteiger partial charge is 0.449 e. The molecule has 2 rings (SSSR count). The molecule has 0 aromatic heterocycles. The maximum absolute atomic E-state index is 12.1. The van der Waals surface area contributed by atoms with Gasteiger partial charge < -0.3 is 15.0 Å². The molecule has 1 unspecified atom stereocenters. The molecule has 0 radical (unpaired) electrons. The molecule has 114 valence electrons. The van der Waals surface area contributed by atoms with Crippen LogP contribution in [-0.4, -0.2) is 43.1 Å². The van der Waals surface area contributed by atoms with Gasteiger partial charge in [0, 0.05) is 32.0 Å². The highest BCUT2D eigenvalue weighted by molar-refractivity contribution is 5.77. The molecule has 0 bridgehead atoms. The smallest absolute Gasteiger partial charge is 0.410 e. The quantitative estimate of drug-likeness (QED) is 0.862. The summed E-state index contributed by atoms with van der Waals surface area (Å²) >= 11 is 0. The predicted molar refractivity (Wildman–Crippen MR) is 80.7 cm³/mol. The molecule has 1 N–H and O–H groups in total. The summed E-state index contributed by atoms with van der Waals surface area (Å²) in [6.07, 6.45) is 5.33. The van der Waals surface area contributed by atoms with Gasteiger partial charge in [-0.05, 0) is 24.0 Å². The molecule has 0 saturated carbocycles. The van der Waals surface area contributed by atoms with Gasteiger partial charge in [0.15, 0.2) is 0 Å². The summed E-state index contributed by atoms with van der Waals surface area (Å²) in [6, 6.07) is 0. The van der Waals surface area contributed by atoms with Gasteiger partial charge in [0.05, 0.1) is 6.61 Å². The Bertz CT molecular complexity index is 482. The summed E-state index contributed by atoms with van der Waals surface area (Å²) in [5, 5.41) is 2.77. The van der Waals surface area contributed by atoms with Crippen molar-refractivity contribution in [3.05, 3.63) is 36.5 Å². The number of hydrogen-bond acceptors (Lipinski definition) is 3. The molecular formula is C16H22N2O3. The molecule has 21 heavy (non-hydrogen) atoms. The summed E-state index contributed by atoms with van der Waals surface area (Å²) in [5.41, 5.74) is 2.16. The molecule has 0 spiro atoms. The molecule has 0 aliphatic carbocycles. The van der Waals surface area contributed by atoms with E-state index >= 15 is 0 Å². The predicted octanol–water partition coefficient (Wildman–Crippen LogP) is 2.02. The molecule has 5 nitrogen and oxygen atoms in total. The van der Waals surface area contributed by atoms with E-state index in [1.807, 2.05) is 6.08 Å². The van der Waals surface area contributed by atoms with Crippen LogP contribution >= 0.6 is 0 Å². The fourth-order valence-electron chi connectivity index (χ4n) is 2.66. The van der Waals surface area contributed by atoms with Gasteiger partial charge in [0.2, 0.25) is 5.91 Å². The van der Waals surface area contributed by atoms with Crippen molar-refractivity contribution in [3.63, 3.8) is 0 Å². The van der Waals surface area contributed by atoms with Crippen LogP contribution in [0.15, 0.2) is 36.5 Å². The van der Waals surface area contributed by atoms with E-state index < -0.39 is 0 Å². The average Bonchev–Trinajstić information content (AvgIpc) is 2.52. The Morgan fingerprint density at radius 1 is 1.38 bits per heavy atom. The van der Waals surface area contributed by atoms with Crippen molar-refractivity contribution in [3.8, 4) is 0 Å². The van der Waals surface area contributed by atoms with Crippen LogP contribution in [0.2, 0.25) is 0 Å². The first kappa shape index (κ1) is 15.4. The lowest BCUT2D eigenvalue weighted by atomic mass is 9.99. The number of nitrogens with zero attached hydrogens (tertiary/aromatic N) is 1. The van der Waals surface area contributed by atoms with Gasteiger partial charge in [-0.2, -0.15) is 0 Å². The van der Waals surface area contributed by atoms with Crippen molar-refractivity contribution in [1.29, 1.82) is 0 Å². The highest BCUT2D eigenvalue weighted by Gasteiger charge is 2.24. The first-order valence-electron chi connectivity index (χ1n) is 7.29. The van der Waals surface area contributed by atoms with E-state index in [0.717, 1.165) is 24.0 Å². The van der Waals surface area contributed by atoms with E-state index in [-0.39, 0.29) is 17.9 Å². The number of amides is 2. The zero-order valence-electron chi connectivity index (χ0n) is 12.3. The molecule has 1 saturated heterocycles. The van der Waals surface area contributed by atoms with Gasteiger partial charge in [-0.1, -0.05) is 25.3 Å². The van der Waals surface area contributed by atoms with E-state index in [1.165, 1.54) is 0 Å². The fraction of sp³-hybridized carbons (Fsp3) is 0.500. The molecule has 2 amide bonds. The Balaban J connectivity index is 1.84. The first-order valence-corrected chi connectivity index (χ1v) is 7.29. The lowest BCUT2D eigenvalue weighted by molar-refractivity contribution is -0.124. The fourth-order valence-corrected chi connectivity index (χ4v) is 2.66. The number of rotatable bonds is 4. The number of allylic oxidation sites excluding steroid dienone is 1. The van der Waals surface area contributed by atoms with E-state index in [1.54, 1.807) is 11.0 Å². The van der Waals surface area contributed by atoms with Crippen LogP contribution in [0.5, 0.6) is 0 Å². The van der Waals surface area contributed by atoms with Gasteiger partial charge in [0.25, 0.3) is 0 Å². The Labute approximate surface area is 125 Å². The molecule has 0 aromatic carbocycles. The second-order valence-corrected chi connectivity index (χ2v) is 5.42. The van der Waals surface area contributed by atoms with Gasteiger partial charge in [-0.15, -0.1) is 0 Å². The number of piperidine rings is 1. The summed E-state index contributed by atoms with van der Waals surface area (Å²) in [6.45, 7) is 9.66. The van der Waals surface area contributed by atoms with E-state index in [0.29, 0.717) is 32.7 Å². The number of ether oxygens (including phenoxy) is 1. The SMILES string of the molecule is C=CC1=C(C=C)CN(C(=O)OCC2CCNC(=O)C2)CC1. The van der Waals surface area contributed by atoms with Crippen molar-refractivity contribution in [2.45, 2.75) is 19.3 Å². The monoisotopic (exact) mass is 290 g/mol. The van der Waals surface area contributed by atoms with Crippen LogP contribution < -0.4 is 5.32 Å². The third-order valence-corrected chi connectivity index (χ3v) is 3.97. The molecule has 2 aliphatic heterocycles. The van der Waals surface area contributed by atoms with Crippen LogP contribution in [0.3, 0.4) is 0 Å². The van der Waals surface area contributed by atoms with Crippen molar-refractivity contribution in [2.24, 2.45) is 5.92 Å². The van der Waals surface area contributed by atoms with E-state index in [9.17, 15) is 9.59 Å². The molecule has 1 fully saturated rings. The van der Waals surface area contributed by atoms with Crippen molar-refractivity contribution < 1.29 is 14.3 Å². The molecule has 2 heterocycles. The average molecular weight is 290 g/mol. The van der Waals surface area contributed by atoms with E-state index in [2.05, 4.69) is 18.5 Å². The van der Waals surface area contributed by atoms with Gasteiger partial charge >= 0.3 is 6.09 Å². The maximum Gasteiger partial charge on any atom is 0.410 e. The third kappa shape index (κ3) is 3.97. The molecule has 1 atom stereocenters. The maximum atomic E-state index is 12.1. The summed E-state index contributed by atoms with van der Waals surface area (Å²) < 4.78 is 5.36. The van der Waals surface area contributed by atoms with Gasteiger partial charge in [-0.25, -0.2) is 4.79 Å². The minimum atomic E-state index is -0.316. The number of hydrogen-bond donors (Lipinski definition) is 1. The van der Waals surface area contributed by atoms with Crippen LogP contribution in [0.25, 0.3) is 0 Å². The topological polar surface area (TPSA) is 58.6 Å². The van der Waals surface area contributed by atoms with Crippen LogP contribution in [0.4, 0.5) is 4.79 Å². The first-order chi connectivity index (χ1) is 10.1. The van der Waals surface area contributed by atoms with Crippen molar-refractivity contribution >= 4 is 12.0 Å². The minimum absolute atomic E-state index is 0.0350. The summed E-state index contributed by atoms with van der Waals surface area (Å²) in [7, 11) is 0. The molecular weight excluding hydrogens is 268 g/mol. The van der Waals surface area contributed by atoms with Crippen LogP contribution in [-0.2, 0) is 9.53 Å². The molecule has 5 heteroatoms. The Kier molecular flexibility index (Phi) is 5.20. The Hall–Kier alpha value is -2.04. The normalized spacial score (nSPS) is 22.6. The Morgan fingerprint density at radius 3 is 2.81 bits per heavy atom. The zero-order chi connectivity index (χ0) is 15.2. The van der Waals surface area contributed by atoms with Crippen molar-refractivity contribution in [2.75, 3.05) is 26.2 Å². The highest BCUT2D eigenvalue weighted by atomic mass is 16.6. The van der Waals surface area contributed by atoms with Gasteiger partial charge in [-0.3, -0.25) is 4.79 Å². The molecule has 2 aliphatic rings. The number of carbonyl (C=O) groups excluding carboxylic acids is 2. The zero-order valence-corrected chi connectivity index (χ0v) is 12.3. The third-order valence-electron chi connectivity index (χ3n) is 3.97. The lowest BCUT2D eigenvalue weighted by Gasteiger charge is -2.29. The lowest BCUT2D eigenvalue weighted by Crippen LogP contribution is -2.39. The Morgan fingerprint density at radius 2 is 2.14 bits per heavy atom. The summed E-state index contributed by atoms with van der Waals surface area (Å²) in [4.78, 5) is 25.1. The van der Waals surface area contributed by atoms with Crippen molar-refractivity contribution in [1.82, 2.24) is 10.2 Å².